The number of nitrogens with two attached hydrogens (primary N) is 1. The number of carbonyl (C=O) groups is 1. The van der Waals surface area contributed by atoms with Crippen molar-refractivity contribution in [1.82, 2.24) is 15.1 Å². The molecular weight excluding hydrogens is 425 g/mol. The number of primary amides is 1. The Kier molecular flexibility index (Phi) is 4.67. The number of halogens is 2. The van der Waals surface area contributed by atoms with E-state index in [1.807, 2.05) is 24.3 Å². The minimum absolute atomic E-state index is 0.189. The van der Waals surface area contributed by atoms with Crippen LogP contribution in [-0.2, 0) is 0 Å². The van der Waals surface area contributed by atoms with E-state index in [9.17, 15) is 4.79 Å². The number of carbonyl (C=O) groups excluding carboxylic acids is 1. The molecule has 1 aromatic carbocycles. The highest BCUT2D eigenvalue weighted by molar-refractivity contribution is 6.33. The molecule has 30 heavy (non-hydrogen) atoms. The molecule has 2 aromatic heterocycles. The van der Waals surface area contributed by atoms with Crippen molar-refractivity contribution in [3.05, 3.63) is 58.0 Å². The van der Waals surface area contributed by atoms with Gasteiger partial charge in [-0.25, -0.2) is 4.98 Å². The third kappa shape index (κ3) is 3.42. The molecule has 7 nitrogen and oxygen atoms in total. The minimum Gasteiger partial charge on any atom is -0.366 e. The van der Waals surface area contributed by atoms with E-state index in [0.717, 1.165) is 37.9 Å². The van der Waals surface area contributed by atoms with Gasteiger partial charge in [0.15, 0.2) is 0 Å². The van der Waals surface area contributed by atoms with Crippen LogP contribution in [0.4, 0.5) is 5.82 Å². The van der Waals surface area contributed by atoms with Gasteiger partial charge in [0.2, 0.25) is 17.6 Å². The molecule has 1 unspecified atom stereocenters. The van der Waals surface area contributed by atoms with E-state index in [-0.39, 0.29) is 11.3 Å². The van der Waals surface area contributed by atoms with Gasteiger partial charge in [-0.2, -0.15) is 4.98 Å². The lowest BCUT2D eigenvalue weighted by molar-refractivity contribution is 0.1000. The van der Waals surface area contributed by atoms with Gasteiger partial charge in [-0.05, 0) is 42.9 Å². The predicted octanol–water partition coefficient (Wildman–Crippen LogP) is 4.31. The van der Waals surface area contributed by atoms with Crippen LogP contribution >= 0.6 is 23.2 Å². The lowest BCUT2D eigenvalue weighted by Gasteiger charge is -2.34. The predicted molar refractivity (Wildman–Crippen MR) is 114 cm³/mol. The molecule has 1 atom stereocenters. The first-order valence-electron chi connectivity index (χ1n) is 9.75. The van der Waals surface area contributed by atoms with E-state index in [4.69, 9.17) is 33.5 Å². The molecule has 1 aliphatic carbocycles. The maximum absolute atomic E-state index is 11.3. The van der Waals surface area contributed by atoms with E-state index in [1.54, 1.807) is 6.07 Å². The zero-order valence-electron chi connectivity index (χ0n) is 16.0. The summed E-state index contributed by atoms with van der Waals surface area (Å²) in [6.07, 6.45) is 4.49. The first-order valence-corrected chi connectivity index (χ1v) is 10.5. The zero-order chi connectivity index (χ0) is 20.9. The summed E-state index contributed by atoms with van der Waals surface area (Å²) in [5.41, 5.74) is 6.64. The normalized spacial score (nSPS) is 19.8. The highest BCUT2D eigenvalue weighted by Gasteiger charge is 2.58. The summed E-state index contributed by atoms with van der Waals surface area (Å²) in [6, 6.07) is 9.02. The van der Waals surface area contributed by atoms with Crippen molar-refractivity contribution in [2.75, 3.05) is 18.0 Å². The fourth-order valence-corrected chi connectivity index (χ4v) is 4.81. The monoisotopic (exact) mass is 443 g/mol. The number of aromatic nitrogens is 3. The lowest BCUT2D eigenvalue weighted by atomic mass is 9.90. The molecule has 1 amide bonds. The molecule has 0 bridgehead atoms. The van der Waals surface area contributed by atoms with Gasteiger partial charge >= 0.3 is 0 Å². The van der Waals surface area contributed by atoms with Crippen LogP contribution in [0.1, 0.15) is 41.4 Å². The van der Waals surface area contributed by atoms with E-state index >= 15 is 0 Å². The number of pyridine rings is 1. The Balaban J connectivity index is 1.26. The van der Waals surface area contributed by atoms with Crippen molar-refractivity contribution < 1.29 is 9.32 Å². The van der Waals surface area contributed by atoms with Crippen LogP contribution in [0.5, 0.6) is 0 Å². The van der Waals surface area contributed by atoms with Crippen molar-refractivity contribution >= 4 is 34.9 Å². The molecule has 1 aliphatic heterocycles. The highest BCUT2D eigenvalue weighted by Crippen LogP contribution is 2.64. The van der Waals surface area contributed by atoms with Gasteiger partial charge in [-0.3, -0.25) is 4.79 Å². The number of amides is 1. The summed E-state index contributed by atoms with van der Waals surface area (Å²) in [5.74, 6) is 1.69. The molecule has 2 fully saturated rings. The second kappa shape index (κ2) is 7.25. The van der Waals surface area contributed by atoms with E-state index in [1.165, 1.54) is 6.20 Å². The molecule has 9 heteroatoms. The summed E-state index contributed by atoms with van der Waals surface area (Å²) in [5, 5.41) is 5.23. The minimum atomic E-state index is -0.536. The molecular formula is C21H19Cl2N5O2. The SMILES string of the molecule is NC(=O)c1cnc(N2CCC3(CC2)CC3c2nc(-c3cccc(Cl)c3)no2)c(Cl)c1. The Hall–Kier alpha value is -2.64. The van der Waals surface area contributed by atoms with Gasteiger partial charge in [0.1, 0.15) is 5.82 Å². The van der Waals surface area contributed by atoms with Gasteiger partial charge in [-0.1, -0.05) is 40.5 Å². The van der Waals surface area contributed by atoms with Crippen LogP contribution in [0.2, 0.25) is 10.0 Å². The molecule has 1 spiro atoms. The van der Waals surface area contributed by atoms with Gasteiger partial charge in [0, 0.05) is 35.8 Å². The summed E-state index contributed by atoms with van der Waals surface area (Å²) in [7, 11) is 0. The van der Waals surface area contributed by atoms with Gasteiger partial charge in [0.05, 0.1) is 10.6 Å². The van der Waals surface area contributed by atoms with Crippen LogP contribution < -0.4 is 10.6 Å². The standard InChI is InChI=1S/C21H19Cl2N5O2/c22-14-3-1-2-12(8-14)18-26-20(30-27-18)15-10-21(15)4-6-28(7-5-21)19-16(23)9-13(11-25-19)17(24)29/h1-3,8-9,11,15H,4-7,10H2,(H2,24,29). The topological polar surface area (TPSA) is 98.1 Å². The van der Waals surface area contributed by atoms with Crippen molar-refractivity contribution in [3.8, 4) is 11.4 Å². The Labute approximate surface area is 183 Å². The second-order valence-corrected chi connectivity index (χ2v) is 8.81. The smallest absolute Gasteiger partial charge is 0.250 e. The van der Waals surface area contributed by atoms with Crippen LogP contribution in [0.15, 0.2) is 41.1 Å². The van der Waals surface area contributed by atoms with E-state index < -0.39 is 5.91 Å². The largest absolute Gasteiger partial charge is 0.366 e. The molecule has 1 saturated carbocycles. The highest BCUT2D eigenvalue weighted by atomic mass is 35.5. The molecule has 3 heterocycles. The van der Waals surface area contributed by atoms with Gasteiger partial charge in [-0.15, -0.1) is 0 Å². The van der Waals surface area contributed by atoms with Gasteiger partial charge in [0.25, 0.3) is 0 Å². The number of benzene rings is 1. The molecule has 2 aliphatic rings. The van der Waals surface area contributed by atoms with Crippen LogP contribution in [-0.4, -0.2) is 34.1 Å². The Morgan fingerprint density at radius 2 is 2.03 bits per heavy atom. The van der Waals surface area contributed by atoms with Crippen molar-refractivity contribution in [1.29, 1.82) is 0 Å². The Bertz CT molecular complexity index is 1120. The molecule has 2 N–H and O–H groups in total. The summed E-state index contributed by atoms with van der Waals surface area (Å²) in [4.78, 5) is 22.4. The number of piperidine rings is 1. The average molecular weight is 444 g/mol. The number of hydrogen-bond donors (Lipinski definition) is 1. The maximum atomic E-state index is 11.3. The average Bonchev–Trinajstić information content (AvgIpc) is 3.20. The Morgan fingerprint density at radius 3 is 2.73 bits per heavy atom. The maximum Gasteiger partial charge on any atom is 0.250 e. The first kappa shape index (κ1) is 19.3. The Morgan fingerprint density at radius 1 is 1.23 bits per heavy atom. The van der Waals surface area contributed by atoms with Crippen molar-refractivity contribution in [2.24, 2.45) is 11.1 Å². The molecule has 1 saturated heterocycles. The third-order valence-electron chi connectivity index (χ3n) is 6.18. The van der Waals surface area contributed by atoms with Crippen LogP contribution in [0.3, 0.4) is 0 Å². The van der Waals surface area contributed by atoms with Gasteiger partial charge < -0.3 is 15.2 Å². The van der Waals surface area contributed by atoms with Crippen molar-refractivity contribution in [3.63, 3.8) is 0 Å². The first-order chi connectivity index (χ1) is 14.4. The quantitative estimate of drug-likeness (QED) is 0.644. The summed E-state index contributed by atoms with van der Waals surface area (Å²) in [6.45, 7) is 1.66. The van der Waals surface area contributed by atoms with E-state index in [2.05, 4.69) is 20.0 Å². The third-order valence-corrected chi connectivity index (χ3v) is 6.69. The molecule has 0 radical (unpaired) electrons. The molecule has 154 valence electrons. The number of rotatable bonds is 4. The number of hydrogen-bond acceptors (Lipinski definition) is 6. The summed E-state index contributed by atoms with van der Waals surface area (Å²) >= 11 is 12.4. The summed E-state index contributed by atoms with van der Waals surface area (Å²) < 4.78 is 5.58. The van der Waals surface area contributed by atoms with Crippen LogP contribution in [0.25, 0.3) is 11.4 Å². The van der Waals surface area contributed by atoms with E-state index in [0.29, 0.717) is 33.1 Å². The number of anilines is 1. The second-order valence-electron chi connectivity index (χ2n) is 7.97. The van der Waals surface area contributed by atoms with Crippen molar-refractivity contribution in [2.45, 2.75) is 25.2 Å². The molecule has 3 aromatic rings. The number of nitrogens with zero attached hydrogens (tertiary/aromatic N) is 4. The molecule has 5 rings (SSSR count). The fraction of sp³-hybridized carbons (Fsp3) is 0.333. The van der Waals surface area contributed by atoms with Crippen LogP contribution in [0, 0.1) is 5.41 Å². The zero-order valence-corrected chi connectivity index (χ0v) is 17.5. The lowest BCUT2D eigenvalue weighted by Crippen LogP contribution is -2.35. The fourth-order valence-electron chi connectivity index (χ4n) is 4.33.